The molecule has 0 radical (unpaired) electrons. The number of rotatable bonds is 7. The van der Waals surface area contributed by atoms with Crippen LogP contribution in [-0.4, -0.2) is 46.8 Å². The maximum absolute atomic E-state index is 12.4. The number of amides is 1. The van der Waals surface area contributed by atoms with Crippen molar-refractivity contribution < 1.29 is 4.79 Å². The number of aryl methyl sites for hydroxylation is 2. The number of aromatic nitrogens is 2. The predicted molar refractivity (Wildman–Crippen MR) is 98.2 cm³/mol. The lowest BCUT2D eigenvalue weighted by molar-refractivity contribution is 0.0938. The van der Waals surface area contributed by atoms with Gasteiger partial charge in [0.1, 0.15) is 5.69 Å². The van der Waals surface area contributed by atoms with Gasteiger partial charge in [0.25, 0.3) is 5.91 Å². The van der Waals surface area contributed by atoms with E-state index in [2.05, 4.69) is 43.0 Å². The monoisotopic (exact) mass is 334 g/mol. The lowest BCUT2D eigenvalue weighted by Crippen LogP contribution is -2.32. The summed E-state index contributed by atoms with van der Waals surface area (Å²) in [5.74, 6) is 0.567. The molecule has 0 saturated carbocycles. The highest BCUT2D eigenvalue weighted by Crippen LogP contribution is 2.22. The van der Waals surface area contributed by atoms with Crippen LogP contribution in [0.3, 0.4) is 0 Å². The van der Waals surface area contributed by atoms with Crippen molar-refractivity contribution in [2.45, 2.75) is 53.4 Å². The zero-order chi connectivity index (χ0) is 17.7. The summed E-state index contributed by atoms with van der Waals surface area (Å²) < 4.78 is 1.70. The molecular weight excluding hydrogens is 300 g/mol. The van der Waals surface area contributed by atoms with Crippen LogP contribution in [0.5, 0.6) is 0 Å². The van der Waals surface area contributed by atoms with E-state index in [1.165, 1.54) is 12.8 Å². The van der Waals surface area contributed by atoms with Gasteiger partial charge in [0.15, 0.2) is 0 Å². The van der Waals surface area contributed by atoms with Crippen molar-refractivity contribution in [1.82, 2.24) is 20.0 Å². The van der Waals surface area contributed by atoms with E-state index in [-0.39, 0.29) is 5.91 Å². The van der Waals surface area contributed by atoms with Gasteiger partial charge in [0, 0.05) is 20.1 Å². The number of carbonyl (C=O) groups excluding carboxylic acids is 1. The largest absolute Gasteiger partial charge is 0.350 e. The van der Waals surface area contributed by atoms with Crippen LogP contribution >= 0.6 is 0 Å². The molecule has 1 aliphatic heterocycles. The van der Waals surface area contributed by atoms with Crippen LogP contribution in [0.25, 0.3) is 0 Å². The number of likely N-dealkylation sites (tertiary alicyclic amines) is 1. The Morgan fingerprint density at radius 3 is 2.83 bits per heavy atom. The number of hydrogen-bond acceptors (Lipinski definition) is 3. The van der Waals surface area contributed by atoms with Gasteiger partial charge >= 0.3 is 0 Å². The third kappa shape index (κ3) is 5.62. The Bertz CT molecular complexity index is 544. The van der Waals surface area contributed by atoms with Crippen molar-refractivity contribution in [3.8, 4) is 0 Å². The molecule has 2 heterocycles. The summed E-state index contributed by atoms with van der Waals surface area (Å²) in [4.78, 5) is 14.9. The molecular formula is C19H34N4O. The summed E-state index contributed by atoms with van der Waals surface area (Å²) >= 11 is 0. The van der Waals surface area contributed by atoms with Gasteiger partial charge in [-0.2, -0.15) is 5.10 Å². The van der Waals surface area contributed by atoms with Crippen LogP contribution in [0.2, 0.25) is 0 Å². The molecule has 0 aliphatic carbocycles. The van der Waals surface area contributed by atoms with Crippen molar-refractivity contribution in [3.05, 3.63) is 17.5 Å². The van der Waals surface area contributed by atoms with Crippen LogP contribution in [-0.2, 0) is 13.5 Å². The lowest BCUT2D eigenvalue weighted by atomic mass is 9.92. The minimum Gasteiger partial charge on any atom is -0.350 e. The Hall–Kier alpha value is -1.36. The fourth-order valence-electron chi connectivity index (χ4n) is 3.22. The highest BCUT2D eigenvalue weighted by Gasteiger charge is 2.24. The van der Waals surface area contributed by atoms with Crippen molar-refractivity contribution in [3.63, 3.8) is 0 Å². The maximum Gasteiger partial charge on any atom is 0.269 e. The second kappa shape index (κ2) is 8.15. The molecule has 1 aliphatic rings. The molecule has 136 valence electrons. The molecule has 24 heavy (non-hydrogen) atoms. The molecule has 5 heteroatoms. The first-order chi connectivity index (χ1) is 11.3. The molecule has 0 unspecified atom stereocenters. The van der Waals surface area contributed by atoms with E-state index in [0.717, 1.165) is 44.7 Å². The molecule has 1 aromatic heterocycles. The van der Waals surface area contributed by atoms with Gasteiger partial charge in [0.05, 0.1) is 5.69 Å². The number of nitrogens with zero attached hydrogens (tertiary/aromatic N) is 3. The second-order valence-corrected chi connectivity index (χ2v) is 8.37. The molecule has 1 N–H and O–H groups in total. The molecule has 1 amide bonds. The van der Waals surface area contributed by atoms with Gasteiger partial charge < -0.3 is 10.2 Å². The van der Waals surface area contributed by atoms with E-state index in [9.17, 15) is 4.79 Å². The van der Waals surface area contributed by atoms with E-state index in [1.807, 2.05) is 13.1 Å². The van der Waals surface area contributed by atoms with Gasteiger partial charge in [-0.15, -0.1) is 0 Å². The molecule has 0 spiro atoms. The van der Waals surface area contributed by atoms with Crippen LogP contribution in [0.15, 0.2) is 6.07 Å². The molecule has 1 atom stereocenters. The average molecular weight is 335 g/mol. The zero-order valence-electron chi connectivity index (χ0n) is 16.1. The maximum atomic E-state index is 12.4. The predicted octanol–water partition coefficient (Wildman–Crippen LogP) is 2.86. The fraction of sp³-hybridized carbons (Fsp3) is 0.789. The molecule has 0 bridgehead atoms. The first-order valence-electron chi connectivity index (χ1n) is 9.32. The van der Waals surface area contributed by atoms with Crippen LogP contribution in [0.4, 0.5) is 0 Å². The minimum atomic E-state index is 0.000458. The van der Waals surface area contributed by atoms with Gasteiger partial charge in [-0.25, -0.2) is 0 Å². The first-order valence-corrected chi connectivity index (χ1v) is 9.32. The number of carbonyl (C=O) groups is 1. The highest BCUT2D eigenvalue weighted by atomic mass is 16.2. The lowest BCUT2D eigenvalue weighted by Gasteiger charge is -2.23. The summed E-state index contributed by atoms with van der Waals surface area (Å²) in [5, 5.41) is 7.51. The topological polar surface area (TPSA) is 50.2 Å². The third-order valence-electron chi connectivity index (χ3n) is 4.77. The van der Waals surface area contributed by atoms with E-state index in [0.29, 0.717) is 17.0 Å². The van der Waals surface area contributed by atoms with Crippen molar-refractivity contribution >= 4 is 5.91 Å². The molecule has 1 saturated heterocycles. The quantitative estimate of drug-likeness (QED) is 0.834. The summed E-state index contributed by atoms with van der Waals surface area (Å²) in [6, 6.07) is 1.92. The van der Waals surface area contributed by atoms with Gasteiger partial charge in [-0.1, -0.05) is 34.1 Å². The Morgan fingerprint density at radius 1 is 1.42 bits per heavy atom. The Balaban J connectivity index is 1.76. The SMILES string of the molecule is CCCc1cc(C(=O)NC[C@H]2CCN(CCC(C)(C)C)C2)n(C)n1. The normalized spacial score (nSPS) is 19.0. The average Bonchev–Trinajstić information content (AvgIpc) is 3.09. The van der Waals surface area contributed by atoms with Crippen molar-refractivity contribution in [2.24, 2.45) is 18.4 Å². The number of hydrogen-bond donors (Lipinski definition) is 1. The van der Waals surface area contributed by atoms with E-state index in [4.69, 9.17) is 0 Å². The third-order valence-corrected chi connectivity index (χ3v) is 4.77. The van der Waals surface area contributed by atoms with Gasteiger partial charge in [0.2, 0.25) is 0 Å². The minimum absolute atomic E-state index is 0.000458. The Labute approximate surface area is 146 Å². The molecule has 1 aromatic rings. The standard InChI is InChI=1S/C19H34N4O/c1-6-7-16-12-17(22(5)21-16)18(24)20-13-15-8-10-23(14-15)11-9-19(2,3)4/h12,15H,6-11,13-14H2,1-5H3,(H,20,24)/t15-/m1/s1. The van der Waals surface area contributed by atoms with E-state index >= 15 is 0 Å². The molecule has 0 aromatic carbocycles. The Kier molecular flexibility index (Phi) is 6.44. The van der Waals surface area contributed by atoms with Crippen molar-refractivity contribution in [1.29, 1.82) is 0 Å². The van der Waals surface area contributed by atoms with E-state index < -0.39 is 0 Å². The van der Waals surface area contributed by atoms with E-state index in [1.54, 1.807) is 4.68 Å². The summed E-state index contributed by atoms with van der Waals surface area (Å²) in [6.45, 7) is 13.2. The van der Waals surface area contributed by atoms with Crippen LogP contribution in [0, 0.1) is 11.3 Å². The highest BCUT2D eigenvalue weighted by molar-refractivity contribution is 5.92. The zero-order valence-corrected chi connectivity index (χ0v) is 16.1. The Morgan fingerprint density at radius 2 is 2.17 bits per heavy atom. The number of nitrogens with one attached hydrogen (secondary N) is 1. The first kappa shape index (κ1) is 19.0. The van der Waals surface area contributed by atoms with Crippen molar-refractivity contribution in [2.75, 3.05) is 26.2 Å². The summed E-state index contributed by atoms with van der Waals surface area (Å²) in [7, 11) is 1.85. The molecule has 5 nitrogen and oxygen atoms in total. The van der Waals surface area contributed by atoms with Crippen LogP contribution in [0.1, 0.15) is 63.1 Å². The summed E-state index contributed by atoms with van der Waals surface area (Å²) in [5.41, 5.74) is 2.06. The van der Waals surface area contributed by atoms with Crippen LogP contribution < -0.4 is 5.32 Å². The van der Waals surface area contributed by atoms with Gasteiger partial charge in [-0.3, -0.25) is 9.48 Å². The summed E-state index contributed by atoms with van der Waals surface area (Å²) in [6.07, 6.45) is 4.37. The van der Waals surface area contributed by atoms with Gasteiger partial charge in [-0.05, 0) is 49.8 Å². The molecule has 1 fully saturated rings. The smallest absolute Gasteiger partial charge is 0.269 e. The fourth-order valence-corrected chi connectivity index (χ4v) is 3.22. The second-order valence-electron chi connectivity index (χ2n) is 8.37. The molecule has 2 rings (SSSR count).